The van der Waals surface area contributed by atoms with Gasteiger partial charge in [-0.2, -0.15) is 4.98 Å². The molecule has 5 rings (SSSR count). The molecule has 2 aliphatic rings. The summed E-state index contributed by atoms with van der Waals surface area (Å²) in [6, 6.07) is 9.35. The average Bonchev–Trinajstić information content (AvgIpc) is 3.41. The molecule has 5 amide bonds. The molecule has 1 saturated heterocycles. The molecule has 3 aromatic rings. The lowest BCUT2D eigenvalue weighted by molar-refractivity contribution is -0.125. The van der Waals surface area contributed by atoms with Crippen LogP contribution in [-0.2, 0) is 21.7 Å². The van der Waals surface area contributed by atoms with Gasteiger partial charge in [0.1, 0.15) is 17.3 Å². The van der Waals surface area contributed by atoms with E-state index in [9.17, 15) is 19.2 Å². The normalized spacial score (nSPS) is 19.5. The highest BCUT2D eigenvalue weighted by Crippen LogP contribution is 2.34. The molecule has 168 valence electrons. The van der Waals surface area contributed by atoms with Crippen LogP contribution in [-0.4, -0.2) is 47.3 Å². The summed E-state index contributed by atoms with van der Waals surface area (Å²) < 4.78 is 11.1. The Kier molecular flexibility index (Phi) is 4.55. The molecule has 1 aromatic carbocycles. The number of carbonyl (C=O) groups is 4. The number of carbonyl (C=O) groups excluding carboxylic acids is 4. The zero-order chi connectivity index (χ0) is 23.3. The van der Waals surface area contributed by atoms with E-state index in [-0.39, 0.29) is 42.2 Å². The van der Waals surface area contributed by atoms with E-state index in [2.05, 4.69) is 20.9 Å². The first-order valence-corrected chi connectivity index (χ1v) is 10.1. The zero-order valence-electron chi connectivity index (χ0n) is 17.7. The topological polar surface area (TPSA) is 143 Å². The largest absolute Gasteiger partial charge is 0.497 e. The molecular weight excluding hydrogens is 430 g/mol. The number of nitrogens with one attached hydrogen (secondary N) is 3. The minimum absolute atomic E-state index is 0.120. The Morgan fingerprint density at radius 2 is 2.06 bits per heavy atom. The highest BCUT2D eigenvalue weighted by Gasteiger charge is 2.53. The quantitative estimate of drug-likeness (QED) is 0.501. The predicted octanol–water partition coefficient (Wildman–Crippen LogP) is 1.49. The van der Waals surface area contributed by atoms with E-state index in [1.165, 1.54) is 18.9 Å². The maximum atomic E-state index is 13.1. The summed E-state index contributed by atoms with van der Waals surface area (Å²) in [6.07, 6.45) is 0. The fourth-order valence-corrected chi connectivity index (χ4v) is 4.11. The molecule has 33 heavy (non-hydrogen) atoms. The minimum Gasteiger partial charge on any atom is -0.497 e. The van der Waals surface area contributed by atoms with Crippen LogP contribution >= 0.6 is 0 Å². The lowest BCUT2D eigenvalue weighted by atomic mass is 9.95. The summed E-state index contributed by atoms with van der Waals surface area (Å²) in [7, 11) is 1.51. The van der Waals surface area contributed by atoms with Crippen molar-refractivity contribution in [3.8, 4) is 5.75 Å². The first-order valence-electron chi connectivity index (χ1n) is 10.1. The van der Waals surface area contributed by atoms with E-state index in [1.54, 1.807) is 36.4 Å². The van der Waals surface area contributed by atoms with Crippen LogP contribution in [0.25, 0.3) is 11.1 Å². The van der Waals surface area contributed by atoms with E-state index < -0.39 is 17.5 Å². The van der Waals surface area contributed by atoms with Crippen molar-refractivity contribution in [2.45, 2.75) is 19.0 Å². The Morgan fingerprint density at radius 1 is 1.24 bits per heavy atom. The Morgan fingerprint density at radius 3 is 2.76 bits per heavy atom. The lowest BCUT2D eigenvalue weighted by Crippen LogP contribution is -2.52. The van der Waals surface area contributed by atoms with Crippen LogP contribution in [0.1, 0.15) is 28.6 Å². The number of furan rings is 1. The number of amides is 5. The first kappa shape index (κ1) is 20.5. The van der Waals surface area contributed by atoms with E-state index in [0.717, 1.165) is 5.56 Å². The number of methoxy groups -OCH3 is 1. The minimum atomic E-state index is -1.65. The first-order chi connectivity index (χ1) is 15.8. The molecule has 0 saturated carbocycles. The Hall–Kier alpha value is -4.41. The highest BCUT2D eigenvalue weighted by atomic mass is 16.5. The molecule has 11 heteroatoms. The van der Waals surface area contributed by atoms with Crippen molar-refractivity contribution in [2.75, 3.05) is 19.0 Å². The zero-order valence-corrected chi connectivity index (χ0v) is 17.7. The lowest BCUT2D eigenvalue weighted by Gasteiger charge is -2.28. The van der Waals surface area contributed by atoms with Crippen molar-refractivity contribution in [3.05, 3.63) is 53.3 Å². The van der Waals surface area contributed by atoms with Crippen LogP contribution in [0.3, 0.4) is 0 Å². The monoisotopic (exact) mass is 449 g/mol. The SMILES string of the molecule is COc1ccc2c(c1)C(=O)N(C[C@@]1(c3cc4ccc(NC(C)=O)nc4o3)NC(=O)NC1=O)C2. The fourth-order valence-electron chi connectivity index (χ4n) is 4.11. The van der Waals surface area contributed by atoms with E-state index in [0.29, 0.717) is 16.7 Å². The standard InChI is InChI=1S/C22H19N5O6/c1-11(28)23-17-6-4-12-7-16(33-18(12)24-17)22(20(30)25-21(31)26-22)10-27-9-13-3-5-14(32-2)8-15(13)19(27)29/h3-8H,9-10H2,1-2H3,(H,23,24,28)(H2,25,26,30,31)/t22-/m0/s1. The second-order valence-electron chi connectivity index (χ2n) is 7.88. The highest BCUT2D eigenvalue weighted by molar-refractivity contribution is 6.08. The number of benzene rings is 1. The maximum Gasteiger partial charge on any atom is 0.322 e. The van der Waals surface area contributed by atoms with Crippen LogP contribution < -0.4 is 20.7 Å². The summed E-state index contributed by atoms with van der Waals surface area (Å²) in [4.78, 5) is 55.2. The van der Waals surface area contributed by atoms with Crippen molar-refractivity contribution >= 4 is 40.7 Å². The molecule has 11 nitrogen and oxygen atoms in total. The number of rotatable bonds is 5. The number of ether oxygens (including phenoxy) is 1. The molecule has 2 aromatic heterocycles. The number of hydrogen-bond donors (Lipinski definition) is 3. The van der Waals surface area contributed by atoms with Gasteiger partial charge in [-0.1, -0.05) is 6.07 Å². The number of aromatic nitrogens is 1. The molecule has 4 heterocycles. The second-order valence-corrected chi connectivity index (χ2v) is 7.88. The van der Waals surface area contributed by atoms with Gasteiger partial charge in [0, 0.05) is 24.4 Å². The maximum absolute atomic E-state index is 13.1. The summed E-state index contributed by atoms with van der Waals surface area (Å²) in [5.74, 6) is -0.284. The number of anilines is 1. The second kappa shape index (κ2) is 7.33. The Labute approximate surface area is 187 Å². The molecule has 2 aliphatic heterocycles. The van der Waals surface area contributed by atoms with E-state index in [1.807, 2.05) is 0 Å². The van der Waals surface area contributed by atoms with Gasteiger partial charge in [0.25, 0.3) is 11.8 Å². The number of imide groups is 1. The molecule has 0 radical (unpaired) electrons. The van der Waals surface area contributed by atoms with Crippen LogP contribution in [0, 0.1) is 0 Å². The van der Waals surface area contributed by atoms with Gasteiger partial charge < -0.3 is 24.7 Å². The number of hydrogen-bond acceptors (Lipinski definition) is 7. The molecule has 0 unspecified atom stereocenters. The summed E-state index contributed by atoms with van der Waals surface area (Å²) in [5.41, 5.74) is -0.217. The molecule has 3 N–H and O–H groups in total. The molecule has 1 atom stereocenters. The summed E-state index contributed by atoms with van der Waals surface area (Å²) in [5, 5.41) is 7.99. The van der Waals surface area contributed by atoms with E-state index in [4.69, 9.17) is 9.15 Å². The molecule has 0 aliphatic carbocycles. The van der Waals surface area contributed by atoms with Crippen molar-refractivity contribution in [3.63, 3.8) is 0 Å². The van der Waals surface area contributed by atoms with Gasteiger partial charge in [-0.05, 0) is 35.9 Å². The van der Waals surface area contributed by atoms with Crippen molar-refractivity contribution in [2.24, 2.45) is 0 Å². The third-order valence-corrected chi connectivity index (χ3v) is 5.67. The van der Waals surface area contributed by atoms with Gasteiger partial charge in [-0.25, -0.2) is 4.79 Å². The fraction of sp³-hybridized carbons (Fsp3) is 0.227. The van der Waals surface area contributed by atoms with Gasteiger partial charge >= 0.3 is 6.03 Å². The smallest absolute Gasteiger partial charge is 0.322 e. The van der Waals surface area contributed by atoms with E-state index >= 15 is 0 Å². The van der Waals surface area contributed by atoms with Crippen LogP contribution in [0.5, 0.6) is 5.75 Å². The van der Waals surface area contributed by atoms with Crippen LogP contribution in [0.2, 0.25) is 0 Å². The third-order valence-electron chi connectivity index (χ3n) is 5.67. The third kappa shape index (κ3) is 3.34. The summed E-state index contributed by atoms with van der Waals surface area (Å²) in [6.45, 7) is 1.46. The van der Waals surface area contributed by atoms with Gasteiger partial charge in [0.15, 0.2) is 5.54 Å². The van der Waals surface area contributed by atoms with Crippen LogP contribution in [0.4, 0.5) is 10.6 Å². The number of urea groups is 1. The van der Waals surface area contributed by atoms with Gasteiger partial charge in [0.05, 0.1) is 13.7 Å². The number of pyridine rings is 1. The molecule has 0 spiro atoms. The summed E-state index contributed by atoms with van der Waals surface area (Å²) >= 11 is 0. The average molecular weight is 449 g/mol. The number of fused-ring (bicyclic) bond motifs is 2. The van der Waals surface area contributed by atoms with Crippen molar-refractivity contribution in [1.82, 2.24) is 20.5 Å². The van der Waals surface area contributed by atoms with Gasteiger partial charge in [-0.15, -0.1) is 0 Å². The Balaban J connectivity index is 1.52. The number of nitrogens with zero attached hydrogens (tertiary/aromatic N) is 2. The van der Waals surface area contributed by atoms with Crippen molar-refractivity contribution in [1.29, 1.82) is 0 Å². The van der Waals surface area contributed by atoms with Gasteiger partial charge in [0.2, 0.25) is 11.6 Å². The predicted molar refractivity (Wildman–Crippen MR) is 114 cm³/mol. The van der Waals surface area contributed by atoms with Gasteiger partial charge in [-0.3, -0.25) is 19.7 Å². The van der Waals surface area contributed by atoms with Crippen LogP contribution in [0.15, 0.2) is 40.8 Å². The Bertz CT molecular complexity index is 1350. The molecular formula is C22H19N5O6. The molecule has 0 bridgehead atoms. The van der Waals surface area contributed by atoms with Crippen molar-refractivity contribution < 1.29 is 28.3 Å². The molecule has 1 fully saturated rings.